The fourth-order valence-corrected chi connectivity index (χ4v) is 2.00. The number of hydrogen-bond donors (Lipinski definition) is 1. The summed E-state index contributed by atoms with van der Waals surface area (Å²) in [6, 6.07) is 9.46. The summed E-state index contributed by atoms with van der Waals surface area (Å²) >= 11 is 3.31. The number of aryl methyl sites for hydroxylation is 1. The van der Waals surface area contributed by atoms with Crippen molar-refractivity contribution >= 4 is 33.5 Å². The van der Waals surface area contributed by atoms with Crippen LogP contribution >= 0.6 is 15.9 Å². The van der Waals surface area contributed by atoms with Crippen LogP contribution in [-0.2, 0) is 0 Å². The Hall–Kier alpha value is -2.21. The molecule has 0 radical (unpaired) electrons. The molecule has 0 bridgehead atoms. The maximum Gasteiger partial charge on any atom is 0.271 e. The van der Waals surface area contributed by atoms with Gasteiger partial charge in [-0.3, -0.25) is 15.1 Å². The second-order valence-corrected chi connectivity index (χ2v) is 5.10. The third kappa shape index (κ3) is 3.21. The number of nitro benzene ring substituents is 1. The number of aromatic hydroxyl groups is 1. The van der Waals surface area contributed by atoms with E-state index in [0.29, 0.717) is 11.3 Å². The molecule has 0 heterocycles. The lowest BCUT2D eigenvalue weighted by atomic mass is 10.2. The molecule has 2 aromatic rings. The summed E-state index contributed by atoms with van der Waals surface area (Å²) < 4.78 is 0.813. The number of nitrogens with zero attached hydrogens (tertiary/aromatic N) is 2. The Kier molecular flexibility index (Phi) is 4.14. The normalized spacial score (nSPS) is 10.9. The highest BCUT2D eigenvalue weighted by molar-refractivity contribution is 9.10. The van der Waals surface area contributed by atoms with Crippen molar-refractivity contribution in [2.45, 2.75) is 6.92 Å². The molecule has 0 aromatic heterocycles. The van der Waals surface area contributed by atoms with Gasteiger partial charge in [0.2, 0.25) is 0 Å². The second kappa shape index (κ2) is 5.83. The molecular weight excluding hydrogens is 324 g/mol. The van der Waals surface area contributed by atoms with Crippen LogP contribution in [0.1, 0.15) is 11.1 Å². The molecule has 0 atom stereocenters. The summed E-state index contributed by atoms with van der Waals surface area (Å²) in [5.74, 6) is 0.0973. The summed E-state index contributed by atoms with van der Waals surface area (Å²) in [4.78, 5) is 14.5. The van der Waals surface area contributed by atoms with Gasteiger partial charge >= 0.3 is 0 Å². The van der Waals surface area contributed by atoms with Gasteiger partial charge in [0.25, 0.3) is 5.69 Å². The SMILES string of the molecule is Cc1ccc([N+](=O)[O-])cc1N=Cc1cc(Br)ccc1O. The van der Waals surface area contributed by atoms with Crippen molar-refractivity contribution in [2.24, 2.45) is 4.99 Å². The Morgan fingerprint density at radius 3 is 2.75 bits per heavy atom. The zero-order valence-corrected chi connectivity index (χ0v) is 12.2. The lowest BCUT2D eigenvalue weighted by molar-refractivity contribution is -0.384. The van der Waals surface area contributed by atoms with E-state index in [9.17, 15) is 15.2 Å². The highest BCUT2D eigenvalue weighted by Crippen LogP contribution is 2.26. The van der Waals surface area contributed by atoms with E-state index in [2.05, 4.69) is 20.9 Å². The van der Waals surface area contributed by atoms with Gasteiger partial charge in [-0.05, 0) is 30.7 Å². The molecule has 0 spiro atoms. The third-order valence-electron chi connectivity index (χ3n) is 2.74. The molecular formula is C14H11BrN2O3. The van der Waals surface area contributed by atoms with E-state index >= 15 is 0 Å². The van der Waals surface area contributed by atoms with E-state index in [-0.39, 0.29) is 11.4 Å². The molecule has 0 unspecified atom stereocenters. The van der Waals surface area contributed by atoms with E-state index in [0.717, 1.165) is 10.0 Å². The molecule has 0 aliphatic heterocycles. The van der Waals surface area contributed by atoms with Crippen LogP contribution in [0.25, 0.3) is 0 Å². The predicted octanol–water partition coefficient (Wildman–Crippen LogP) is 4.12. The highest BCUT2D eigenvalue weighted by Gasteiger charge is 2.07. The zero-order valence-electron chi connectivity index (χ0n) is 10.6. The van der Waals surface area contributed by atoms with Crippen LogP contribution in [0.3, 0.4) is 0 Å². The van der Waals surface area contributed by atoms with E-state index in [1.54, 1.807) is 24.3 Å². The molecule has 102 valence electrons. The Labute approximate surface area is 123 Å². The van der Waals surface area contributed by atoms with Crippen molar-refractivity contribution < 1.29 is 10.0 Å². The number of rotatable bonds is 3. The van der Waals surface area contributed by atoms with Crippen molar-refractivity contribution in [2.75, 3.05) is 0 Å². The molecule has 2 aromatic carbocycles. The van der Waals surface area contributed by atoms with Crippen LogP contribution < -0.4 is 0 Å². The maximum atomic E-state index is 10.7. The quantitative estimate of drug-likeness (QED) is 0.521. The van der Waals surface area contributed by atoms with Gasteiger partial charge < -0.3 is 5.11 Å². The Bertz CT molecular complexity index is 699. The van der Waals surface area contributed by atoms with Gasteiger partial charge in [-0.2, -0.15) is 0 Å². The largest absolute Gasteiger partial charge is 0.507 e. The second-order valence-electron chi connectivity index (χ2n) is 4.19. The number of nitro groups is 1. The van der Waals surface area contributed by atoms with Crippen LogP contribution in [0.5, 0.6) is 5.75 Å². The Morgan fingerprint density at radius 1 is 1.30 bits per heavy atom. The minimum Gasteiger partial charge on any atom is -0.507 e. The van der Waals surface area contributed by atoms with Crippen LogP contribution in [-0.4, -0.2) is 16.2 Å². The predicted molar refractivity (Wildman–Crippen MR) is 80.9 cm³/mol. The number of halogens is 1. The smallest absolute Gasteiger partial charge is 0.271 e. The minimum atomic E-state index is -0.463. The topological polar surface area (TPSA) is 75.7 Å². The van der Waals surface area contributed by atoms with E-state index < -0.39 is 4.92 Å². The first-order chi connectivity index (χ1) is 9.47. The fourth-order valence-electron chi connectivity index (χ4n) is 1.62. The lowest BCUT2D eigenvalue weighted by Crippen LogP contribution is -1.88. The van der Waals surface area contributed by atoms with Crippen molar-refractivity contribution in [3.8, 4) is 5.75 Å². The van der Waals surface area contributed by atoms with Gasteiger partial charge in [0.05, 0.1) is 10.6 Å². The van der Waals surface area contributed by atoms with Crippen molar-refractivity contribution in [1.29, 1.82) is 0 Å². The van der Waals surface area contributed by atoms with Gasteiger partial charge in [-0.15, -0.1) is 0 Å². The van der Waals surface area contributed by atoms with Gasteiger partial charge in [0.15, 0.2) is 0 Å². The van der Waals surface area contributed by atoms with Crippen LogP contribution in [0.4, 0.5) is 11.4 Å². The average Bonchev–Trinajstić information content (AvgIpc) is 2.41. The first kappa shape index (κ1) is 14.2. The molecule has 0 aliphatic rings. The van der Waals surface area contributed by atoms with E-state index in [1.807, 2.05) is 6.92 Å². The summed E-state index contributed by atoms with van der Waals surface area (Å²) in [5.41, 5.74) is 1.84. The Balaban J connectivity index is 2.38. The third-order valence-corrected chi connectivity index (χ3v) is 3.23. The average molecular weight is 335 g/mol. The standard InChI is InChI=1S/C14H11BrN2O3/c1-9-2-4-12(17(19)20)7-13(9)16-8-10-6-11(15)3-5-14(10)18/h2-8,18H,1H3. The molecule has 0 fully saturated rings. The molecule has 6 heteroatoms. The number of phenolic OH excluding ortho intramolecular Hbond substituents is 1. The molecule has 0 amide bonds. The maximum absolute atomic E-state index is 10.7. The lowest BCUT2D eigenvalue weighted by Gasteiger charge is -2.01. The molecule has 0 saturated heterocycles. The molecule has 5 nitrogen and oxygen atoms in total. The van der Waals surface area contributed by atoms with E-state index in [4.69, 9.17) is 0 Å². The van der Waals surface area contributed by atoms with Crippen molar-refractivity contribution in [3.63, 3.8) is 0 Å². The molecule has 0 saturated carbocycles. The summed E-state index contributed by atoms with van der Waals surface area (Å²) in [7, 11) is 0. The molecule has 0 aliphatic carbocycles. The fraction of sp³-hybridized carbons (Fsp3) is 0.0714. The van der Waals surface area contributed by atoms with Crippen LogP contribution in [0.2, 0.25) is 0 Å². The summed E-state index contributed by atoms with van der Waals surface area (Å²) in [5, 5.41) is 20.4. The molecule has 2 rings (SSSR count). The van der Waals surface area contributed by atoms with Crippen LogP contribution in [0, 0.1) is 17.0 Å². The molecule has 1 N–H and O–H groups in total. The number of aliphatic imine (C=N–C) groups is 1. The number of phenols is 1. The van der Waals surface area contributed by atoms with Crippen LogP contribution in [0.15, 0.2) is 45.9 Å². The van der Waals surface area contributed by atoms with Gasteiger partial charge in [0.1, 0.15) is 5.75 Å². The van der Waals surface area contributed by atoms with Gasteiger partial charge in [-0.25, -0.2) is 0 Å². The number of benzene rings is 2. The van der Waals surface area contributed by atoms with Crippen molar-refractivity contribution in [1.82, 2.24) is 0 Å². The van der Waals surface area contributed by atoms with Gasteiger partial charge in [0, 0.05) is 28.4 Å². The first-order valence-electron chi connectivity index (χ1n) is 5.75. The van der Waals surface area contributed by atoms with Gasteiger partial charge in [-0.1, -0.05) is 22.0 Å². The zero-order chi connectivity index (χ0) is 14.7. The minimum absolute atomic E-state index is 0.0128. The molecule has 20 heavy (non-hydrogen) atoms. The monoisotopic (exact) mass is 334 g/mol. The Morgan fingerprint density at radius 2 is 2.05 bits per heavy atom. The van der Waals surface area contributed by atoms with Crippen molar-refractivity contribution in [3.05, 3.63) is 62.1 Å². The summed E-state index contributed by atoms with van der Waals surface area (Å²) in [6.07, 6.45) is 1.48. The van der Waals surface area contributed by atoms with E-state index in [1.165, 1.54) is 18.3 Å². The summed E-state index contributed by atoms with van der Waals surface area (Å²) in [6.45, 7) is 1.82. The highest BCUT2D eigenvalue weighted by atomic mass is 79.9. The number of non-ortho nitro benzene ring substituents is 1. The first-order valence-corrected chi connectivity index (χ1v) is 6.54. The number of hydrogen-bond acceptors (Lipinski definition) is 4.